The van der Waals surface area contributed by atoms with Crippen LogP contribution in [-0.2, 0) is 0 Å². The highest BCUT2D eigenvalue weighted by Crippen LogP contribution is 2.31. The van der Waals surface area contributed by atoms with E-state index in [1.54, 1.807) is 12.1 Å². The largest absolute Gasteiger partial charge is 0.396 e. The van der Waals surface area contributed by atoms with Crippen molar-refractivity contribution in [1.29, 1.82) is 0 Å². The van der Waals surface area contributed by atoms with Crippen LogP contribution in [0.15, 0.2) is 12.1 Å². The molecule has 1 aliphatic carbocycles. The number of rotatable bonds is 4. The molecule has 1 aliphatic rings. The maximum atomic E-state index is 10.2. The highest BCUT2D eigenvalue weighted by atomic mass is 35.5. The Morgan fingerprint density at radius 1 is 1.21 bits per heavy atom. The van der Waals surface area contributed by atoms with E-state index in [9.17, 15) is 5.11 Å². The molecule has 2 rings (SSSR count). The third kappa shape index (κ3) is 3.99. The van der Waals surface area contributed by atoms with E-state index >= 15 is 0 Å². The zero-order chi connectivity index (χ0) is 13.8. The quantitative estimate of drug-likeness (QED) is 0.746. The van der Waals surface area contributed by atoms with Crippen molar-refractivity contribution < 1.29 is 5.11 Å². The predicted octanol–water partition coefficient (Wildman–Crippen LogP) is 3.53. The van der Waals surface area contributed by atoms with Crippen molar-refractivity contribution in [2.75, 3.05) is 12.3 Å². The molecule has 0 saturated heterocycles. The maximum absolute atomic E-state index is 10.2. The van der Waals surface area contributed by atoms with Gasteiger partial charge in [-0.05, 0) is 30.5 Å². The number of halogens is 2. The molecule has 0 aromatic heterocycles. The molecule has 1 aromatic rings. The molecule has 0 spiro atoms. The van der Waals surface area contributed by atoms with Crippen molar-refractivity contribution in [1.82, 2.24) is 5.32 Å². The summed E-state index contributed by atoms with van der Waals surface area (Å²) in [7, 11) is 0. The summed E-state index contributed by atoms with van der Waals surface area (Å²) in [6, 6.07) is 3.87. The monoisotopic (exact) mass is 302 g/mol. The lowest BCUT2D eigenvalue weighted by Gasteiger charge is -2.24. The fraction of sp³-hybridized carbons (Fsp3) is 0.571. The molecule has 106 valence electrons. The van der Waals surface area contributed by atoms with Gasteiger partial charge in [-0.1, -0.05) is 42.5 Å². The lowest BCUT2D eigenvalue weighted by molar-refractivity contribution is 0.165. The van der Waals surface area contributed by atoms with Gasteiger partial charge in [-0.15, -0.1) is 0 Å². The molecule has 0 aliphatic heterocycles. The molecule has 0 heterocycles. The van der Waals surface area contributed by atoms with Crippen molar-refractivity contribution in [2.24, 2.45) is 0 Å². The Morgan fingerprint density at radius 3 is 2.37 bits per heavy atom. The van der Waals surface area contributed by atoms with Crippen LogP contribution in [0, 0.1) is 0 Å². The highest BCUT2D eigenvalue weighted by molar-refractivity contribution is 6.38. The van der Waals surface area contributed by atoms with Crippen LogP contribution in [-0.4, -0.2) is 17.7 Å². The Bertz CT molecular complexity index is 410. The van der Waals surface area contributed by atoms with Crippen LogP contribution >= 0.6 is 23.2 Å². The van der Waals surface area contributed by atoms with Gasteiger partial charge in [0.1, 0.15) is 0 Å². The number of nitrogen functional groups attached to an aromatic ring is 1. The highest BCUT2D eigenvalue weighted by Gasteiger charge is 2.16. The molecule has 0 radical (unpaired) electrons. The van der Waals surface area contributed by atoms with E-state index in [-0.39, 0.29) is 0 Å². The van der Waals surface area contributed by atoms with Gasteiger partial charge in [0.25, 0.3) is 0 Å². The SMILES string of the molecule is Nc1c(Cl)cc(C(O)CNC2CCCCC2)cc1Cl. The molecular weight excluding hydrogens is 283 g/mol. The second-order valence-electron chi connectivity index (χ2n) is 5.16. The Labute approximate surface area is 124 Å². The van der Waals surface area contributed by atoms with Crippen LogP contribution in [0.25, 0.3) is 0 Å². The number of nitrogens with two attached hydrogens (primary N) is 1. The number of aliphatic hydroxyl groups is 1. The molecule has 4 N–H and O–H groups in total. The molecule has 1 fully saturated rings. The van der Waals surface area contributed by atoms with E-state index in [2.05, 4.69) is 5.32 Å². The van der Waals surface area contributed by atoms with Crippen LogP contribution in [0.2, 0.25) is 10.0 Å². The van der Waals surface area contributed by atoms with Gasteiger partial charge in [-0.25, -0.2) is 0 Å². The van der Waals surface area contributed by atoms with E-state index in [4.69, 9.17) is 28.9 Å². The van der Waals surface area contributed by atoms with E-state index in [0.29, 0.717) is 33.9 Å². The van der Waals surface area contributed by atoms with Crippen molar-refractivity contribution in [3.63, 3.8) is 0 Å². The van der Waals surface area contributed by atoms with E-state index in [0.717, 1.165) is 0 Å². The fourth-order valence-electron chi connectivity index (χ4n) is 2.50. The van der Waals surface area contributed by atoms with Gasteiger partial charge in [0.15, 0.2) is 0 Å². The average molecular weight is 303 g/mol. The Morgan fingerprint density at radius 2 is 1.79 bits per heavy atom. The third-order valence-corrected chi connectivity index (χ3v) is 4.32. The molecule has 1 aromatic carbocycles. The van der Waals surface area contributed by atoms with Crippen LogP contribution in [0.1, 0.15) is 43.8 Å². The molecule has 5 heteroatoms. The van der Waals surface area contributed by atoms with Gasteiger partial charge in [0, 0.05) is 12.6 Å². The number of aliphatic hydroxyl groups excluding tert-OH is 1. The smallest absolute Gasteiger partial charge is 0.0915 e. The molecular formula is C14H20Cl2N2O. The summed E-state index contributed by atoms with van der Waals surface area (Å²) in [6.07, 6.45) is 5.63. The first-order chi connectivity index (χ1) is 9.08. The zero-order valence-corrected chi connectivity index (χ0v) is 12.3. The summed E-state index contributed by atoms with van der Waals surface area (Å²) in [4.78, 5) is 0. The minimum absolute atomic E-state index is 0.361. The maximum Gasteiger partial charge on any atom is 0.0915 e. The van der Waals surface area contributed by atoms with Gasteiger partial charge in [0.2, 0.25) is 0 Å². The van der Waals surface area contributed by atoms with Crippen molar-refractivity contribution in [3.8, 4) is 0 Å². The van der Waals surface area contributed by atoms with E-state index in [1.165, 1.54) is 32.1 Å². The normalized spacial score (nSPS) is 18.5. The van der Waals surface area contributed by atoms with Crippen LogP contribution < -0.4 is 11.1 Å². The summed E-state index contributed by atoms with van der Waals surface area (Å²) >= 11 is 11.9. The van der Waals surface area contributed by atoms with Gasteiger partial charge in [-0.3, -0.25) is 0 Å². The number of hydrogen-bond acceptors (Lipinski definition) is 3. The second kappa shape index (κ2) is 6.80. The topological polar surface area (TPSA) is 58.3 Å². The molecule has 3 nitrogen and oxygen atoms in total. The number of hydrogen-bond donors (Lipinski definition) is 3. The summed E-state index contributed by atoms with van der Waals surface area (Å²) in [6.45, 7) is 0.515. The van der Waals surface area contributed by atoms with Gasteiger partial charge < -0.3 is 16.2 Å². The first-order valence-electron chi connectivity index (χ1n) is 6.74. The molecule has 1 unspecified atom stereocenters. The average Bonchev–Trinajstić information content (AvgIpc) is 2.42. The Balaban J connectivity index is 1.93. The van der Waals surface area contributed by atoms with Crippen LogP contribution in [0.4, 0.5) is 5.69 Å². The number of nitrogens with one attached hydrogen (secondary N) is 1. The van der Waals surface area contributed by atoms with Crippen molar-refractivity contribution in [3.05, 3.63) is 27.7 Å². The molecule has 1 atom stereocenters. The summed E-state index contributed by atoms with van der Waals surface area (Å²) in [5.74, 6) is 0. The summed E-state index contributed by atoms with van der Waals surface area (Å²) in [5.41, 5.74) is 6.74. The lowest BCUT2D eigenvalue weighted by Crippen LogP contribution is -2.34. The van der Waals surface area contributed by atoms with Crippen molar-refractivity contribution >= 4 is 28.9 Å². The van der Waals surface area contributed by atoms with Crippen LogP contribution in [0.3, 0.4) is 0 Å². The zero-order valence-electron chi connectivity index (χ0n) is 10.8. The third-order valence-electron chi connectivity index (χ3n) is 3.69. The minimum Gasteiger partial charge on any atom is -0.396 e. The van der Waals surface area contributed by atoms with Gasteiger partial charge in [0.05, 0.1) is 21.8 Å². The fourth-order valence-corrected chi connectivity index (χ4v) is 3.00. The number of anilines is 1. The standard InChI is InChI=1S/C14H20Cl2N2O/c15-11-6-9(7-12(16)14(11)17)13(19)8-18-10-4-2-1-3-5-10/h6-7,10,13,18-19H,1-5,8,17H2. The summed E-state index contributed by atoms with van der Waals surface area (Å²) < 4.78 is 0. The van der Waals surface area contributed by atoms with Gasteiger partial charge >= 0.3 is 0 Å². The minimum atomic E-state index is -0.613. The number of benzene rings is 1. The second-order valence-corrected chi connectivity index (χ2v) is 5.97. The first-order valence-corrected chi connectivity index (χ1v) is 7.49. The predicted molar refractivity (Wildman–Crippen MR) is 80.7 cm³/mol. The Kier molecular flexibility index (Phi) is 5.34. The Hall–Kier alpha value is -0.480. The van der Waals surface area contributed by atoms with E-state index in [1.807, 2.05) is 0 Å². The van der Waals surface area contributed by atoms with Crippen molar-refractivity contribution in [2.45, 2.75) is 44.2 Å². The molecule has 1 saturated carbocycles. The summed E-state index contributed by atoms with van der Waals surface area (Å²) in [5, 5.41) is 14.4. The van der Waals surface area contributed by atoms with Gasteiger partial charge in [-0.2, -0.15) is 0 Å². The molecule has 0 bridgehead atoms. The van der Waals surface area contributed by atoms with E-state index < -0.39 is 6.10 Å². The lowest BCUT2D eigenvalue weighted by atomic mass is 9.95. The van der Waals surface area contributed by atoms with Crippen LogP contribution in [0.5, 0.6) is 0 Å². The molecule has 0 amide bonds. The first kappa shape index (κ1) is 14.9. The molecule has 19 heavy (non-hydrogen) atoms.